The predicted octanol–water partition coefficient (Wildman–Crippen LogP) is 3.19. The summed E-state index contributed by atoms with van der Waals surface area (Å²) >= 11 is 1.23. The van der Waals surface area contributed by atoms with Gasteiger partial charge in [-0.1, -0.05) is 0 Å². The lowest BCUT2D eigenvalue weighted by atomic mass is 10.2. The van der Waals surface area contributed by atoms with E-state index in [-0.39, 0.29) is 18.1 Å². The molecule has 2 amide bonds. The SMILES string of the molecule is COc1ccc(NC(=O)Cc2csc(NC(=O)c3ccco3)n2)cc1OC. The van der Waals surface area contributed by atoms with Crippen LogP contribution in [0, 0.1) is 0 Å². The minimum atomic E-state index is -0.393. The number of thiazole rings is 1. The molecule has 0 unspecified atom stereocenters. The molecule has 0 fully saturated rings. The van der Waals surface area contributed by atoms with Gasteiger partial charge in [-0.15, -0.1) is 11.3 Å². The first-order valence-corrected chi connectivity index (χ1v) is 8.78. The van der Waals surface area contributed by atoms with Crippen LogP contribution in [0.2, 0.25) is 0 Å². The Balaban J connectivity index is 1.58. The number of rotatable bonds is 7. The molecule has 2 aromatic heterocycles. The number of carbonyl (C=O) groups is 2. The summed E-state index contributed by atoms with van der Waals surface area (Å²) in [4.78, 5) is 28.4. The highest BCUT2D eigenvalue weighted by Crippen LogP contribution is 2.29. The zero-order valence-electron chi connectivity index (χ0n) is 14.6. The van der Waals surface area contributed by atoms with Crippen LogP contribution in [0.4, 0.5) is 10.8 Å². The number of carbonyl (C=O) groups excluding carboxylic acids is 2. The maximum Gasteiger partial charge on any atom is 0.293 e. The molecular weight excluding hydrogens is 370 g/mol. The van der Waals surface area contributed by atoms with Crippen molar-refractivity contribution in [2.24, 2.45) is 0 Å². The van der Waals surface area contributed by atoms with E-state index in [0.29, 0.717) is 28.0 Å². The monoisotopic (exact) mass is 387 g/mol. The van der Waals surface area contributed by atoms with Gasteiger partial charge in [0.1, 0.15) is 0 Å². The van der Waals surface area contributed by atoms with E-state index in [9.17, 15) is 9.59 Å². The quantitative estimate of drug-likeness (QED) is 0.645. The number of aromatic nitrogens is 1. The maximum absolute atomic E-state index is 12.2. The fourth-order valence-corrected chi connectivity index (χ4v) is 3.00. The van der Waals surface area contributed by atoms with Crippen LogP contribution in [0.3, 0.4) is 0 Å². The van der Waals surface area contributed by atoms with Gasteiger partial charge in [-0.25, -0.2) is 4.98 Å². The van der Waals surface area contributed by atoms with Crippen molar-refractivity contribution in [1.82, 2.24) is 4.98 Å². The third-order valence-corrected chi connectivity index (χ3v) is 4.33. The van der Waals surface area contributed by atoms with Gasteiger partial charge in [0.2, 0.25) is 5.91 Å². The number of amides is 2. The van der Waals surface area contributed by atoms with Gasteiger partial charge in [0.25, 0.3) is 5.91 Å². The lowest BCUT2D eigenvalue weighted by molar-refractivity contribution is -0.115. The minimum absolute atomic E-state index is 0.0709. The molecule has 0 saturated carbocycles. The summed E-state index contributed by atoms with van der Waals surface area (Å²) in [5.41, 5.74) is 1.13. The van der Waals surface area contributed by atoms with E-state index in [1.807, 2.05) is 0 Å². The van der Waals surface area contributed by atoms with E-state index in [1.165, 1.54) is 24.7 Å². The summed E-state index contributed by atoms with van der Waals surface area (Å²) in [5, 5.41) is 7.51. The largest absolute Gasteiger partial charge is 0.493 e. The van der Waals surface area contributed by atoms with Crippen LogP contribution in [0.15, 0.2) is 46.4 Å². The Morgan fingerprint density at radius 2 is 1.96 bits per heavy atom. The van der Waals surface area contributed by atoms with Gasteiger partial charge in [0.15, 0.2) is 22.4 Å². The Morgan fingerprint density at radius 3 is 2.67 bits per heavy atom. The first-order chi connectivity index (χ1) is 13.1. The van der Waals surface area contributed by atoms with Crippen molar-refractivity contribution in [3.63, 3.8) is 0 Å². The molecule has 8 nitrogen and oxygen atoms in total. The molecule has 0 saturated heterocycles. The van der Waals surface area contributed by atoms with Crippen molar-refractivity contribution in [1.29, 1.82) is 0 Å². The Morgan fingerprint density at radius 1 is 1.15 bits per heavy atom. The number of anilines is 2. The molecule has 0 aliphatic heterocycles. The van der Waals surface area contributed by atoms with Gasteiger partial charge in [-0.3, -0.25) is 14.9 Å². The molecule has 3 aromatic rings. The molecule has 3 rings (SSSR count). The van der Waals surface area contributed by atoms with Crippen LogP contribution in [-0.2, 0) is 11.2 Å². The minimum Gasteiger partial charge on any atom is -0.493 e. The Hall–Kier alpha value is -3.33. The highest BCUT2D eigenvalue weighted by Gasteiger charge is 2.13. The first kappa shape index (κ1) is 18.5. The molecule has 0 aliphatic carbocycles. The first-order valence-electron chi connectivity index (χ1n) is 7.90. The van der Waals surface area contributed by atoms with Gasteiger partial charge in [0, 0.05) is 17.1 Å². The lowest BCUT2D eigenvalue weighted by Gasteiger charge is -2.10. The third kappa shape index (κ3) is 4.64. The summed E-state index contributed by atoms with van der Waals surface area (Å²) in [7, 11) is 3.07. The molecule has 2 N–H and O–H groups in total. The Kier molecular flexibility index (Phi) is 5.72. The summed E-state index contributed by atoms with van der Waals surface area (Å²) in [5.74, 6) is 0.656. The van der Waals surface area contributed by atoms with E-state index >= 15 is 0 Å². The Bertz CT molecular complexity index is 936. The number of hydrogen-bond acceptors (Lipinski definition) is 7. The molecule has 0 radical (unpaired) electrons. The molecule has 1 aromatic carbocycles. The van der Waals surface area contributed by atoms with Crippen LogP contribution in [0.1, 0.15) is 16.2 Å². The third-order valence-electron chi connectivity index (χ3n) is 3.53. The number of furan rings is 1. The van der Waals surface area contributed by atoms with Gasteiger partial charge in [-0.2, -0.15) is 0 Å². The van der Waals surface area contributed by atoms with Gasteiger partial charge in [-0.05, 0) is 24.3 Å². The van der Waals surface area contributed by atoms with Gasteiger partial charge in [0.05, 0.1) is 32.6 Å². The molecule has 27 heavy (non-hydrogen) atoms. The fourth-order valence-electron chi connectivity index (χ4n) is 2.30. The molecule has 140 valence electrons. The molecule has 0 atom stereocenters. The van der Waals surface area contributed by atoms with Crippen molar-refractivity contribution in [3.05, 3.63) is 53.4 Å². The highest BCUT2D eigenvalue weighted by atomic mass is 32.1. The predicted molar refractivity (Wildman–Crippen MR) is 101 cm³/mol. The summed E-state index contributed by atoms with van der Waals surface area (Å²) in [6.07, 6.45) is 1.49. The van der Waals surface area contributed by atoms with Crippen molar-refractivity contribution in [2.45, 2.75) is 6.42 Å². The van der Waals surface area contributed by atoms with Crippen LogP contribution in [0.5, 0.6) is 11.5 Å². The molecule has 0 spiro atoms. The number of benzene rings is 1. The molecular formula is C18H17N3O5S. The number of nitrogens with one attached hydrogen (secondary N) is 2. The average Bonchev–Trinajstić information content (AvgIpc) is 3.33. The number of ether oxygens (including phenoxy) is 2. The smallest absolute Gasteiger partial charge is 0.293 e. The molecule has 9 heteroatoms. The lowest BCUT2D eigenvalue weighted by Crippen LogP contribution is -2.15. The second-order valence-electron chi connectivity index (χ2n) is 5.37. The van der Waals surface area contributed by atoms with Crippen LogP contribution in [0.25, 0.3) is 0 Å². The number of methoxy groups -OCH3 is 2. The summed E-state index contributed by atoms with van der Waals surface area (Å²) < 4.78 is 15.4. The maximum atomic E-state index is 12.2. The summed E-state index contributed by atoms with van der Waals surface area (Å²) in [6.45, 7) is 0. The van der Waals surface area contributed by atoms with Crippen molar-refractivity contribution < 1.29 is 23.5 Å². The fraction of sp³-hybridized carbons (Fsp3) is 0.167. The van der Waals surface area contributed by atoms with E-state index in [4.69, 9.17) is 13.9 Å². The normalized spacial score (nSPS) is 10.3. The summed E-state index contributed by atoms with van der Waals surface area (Å²) in [6, 6.07) is 8.28. The molecule has 0 bridgehead atoms. The van der Waals surface area contributed by atoms with Crippen LogP contribution < -0.4 is 20.1 Å². The standard InChI is InChI=1S/C18H17N3O5S/c1-24-13-6-5-11(8-15(13)25-2)19-16(22)9-12-10-27-18(20-12)21-17(23)14-4-3-7-26-14/h3-8,10H,9H2,1-2H3,(H,19,22)(H,20,21,23). The van der Waals surface area contributed by atoms with Crippen LogP contribution >= 0.6 is 11.3 Å². The van der Waals surface area contributed by atoms with E-state index in [0.717, 1.165) is 0 Å². The van der Waals surface area contributed by atoms with Gasteiger partial charge >= 0.3 is 0 Å². The average molecular weight is 387 g/mol. The highest BCUT2D eigenvalue weighted by molar-refractivity contribution is 7.14. The van der Waals surface area contributed by atoms with E-state index < -0.39 is 5.91 Å². The second kappa shape index (κ2) is 8.37. The van der Waals surface area contributed by atoms with Crippen LogP contribution in [-0.4, -0.2) is 31.0 Å². The van der Waals surface area contributed by atoms with E-state index in [1.54, 1.807) is 42.8 Å². The topological polar surface area (TPSA) is 103 Å². The van der Waals surface area contributed by atoms with Crippen molar-refractivity contribution >= 4 is 34.0 Å². The molecule has 2 heterocycles. The van der Waals surface area contributed by atoms with Gasteiger partial charge < -0.3 is 19.2 Å². The van der Waals surface area contributed by atoms with Crippen molar-refractivity contribution in [2.75, 3.05) is 24.9 Å². The molecule has 0 aliphatic rings. The second-order valence-corrected chi connectivity index (χ2v) is 6.23. The zero-order chi connectivity index (χ0) is 19.2. The van der Waals surface area contributed by atoms with E-state index in [2.05, 4.69) is 15.6 Å². The zero-order valence-corrected chi connectivity index (χ0v) is 15.5. The van der Waals surface area contributed by atoms with Crippen molar-refractivity contribution in [3.8, 4) is 11.5 Å². The Labute approximate surface area is 159 Å². The number of hydrogen-bond donors (Lipinski definition) is 2. The number of nitrogens with zero attached hydrogens (tertiary/aromatic N) is 1.